The van der Waals surface area contributed by atoms with E-state index in [2.05, 4.69) is 4.98 Å². The lowest BCUT2D eigenvalue weighted by Crippen LogP contribution is -2.17. The van der Waals surface area contributed by atoms with E-state index in [1.807, 2.05) is 30.3 Å². The van der Waals surface area contributed by atoms with Gasteiger partial charge in [0.1, 0.15) is 24.0 Å². The lowest BCUT2D eigenvalue weighted by molar-refractivity contribution is 0.297. The van der Waals surface area contributed by atoms with Crippen molar-refractivity contribution in [2.75, 3.05) is 0 Å². The van der Waals surface area contributed by atoms with Gasteiger partial charge in [0.15, 0.2) is 0 Å². The SMILES string of the molecule is N#Cc1cc2c([nH]c1=O)COc1ccccc1-2. The number of rotatable bonds is 0. The number of para-hydroxylation sites is 1. The minimum absolute atomic E-state index is 0.125. The fourth-order valence-electron chi connectivity index (χ4n) is 1.97. The molecule has 82 valence electrons. The van der Waals surface area contributed by atoms with Crippen LogP contribution in [0.3, 0.4) is 0 Å². The third-order valence-corrected chi connectivity index (χ3v) is 2.79. The van der Waals surface area contributed by atoms with Crippen LogP contribution in [-0.4, -0.2) is 4.98 Å². The molecule has 0 spiro atoms. The first-order valence-corrected chi connectivity index (χ1v) is 5.18. The van der Waals surface area contributed by atoms with Crippen molar-refractivity contribution in [2.45, 2.75) is 6.61 Å². The number of H-pyrrole nitrogens is 1. The topological polar surface area (TPSA) is 65.9 Å². The number of fused-ring (bicyclic) bond motifs is 3. The molecule has 17 heavy (non-hydrogen) atoms. The van der Waals surface area contributed by atoms with Crippen molar-refractivity contribution in [3.8, 4) is 22.9 Å². The highest BCUT2D eigenvalue weighted by molar-refractivity contribution is 5.74. The molecular weight excluding hydrogens is 216 g/mol. The molecule has 3 rings (SSSR count). The van der Waals surface area contributed by atoms with E-state index in [4.69, 9.17) is 10.00 Å². The molecule has 1 aromatic carbocycles. The van der Waals surface area contributed by atoms with E-state index < -0.39 is 0 Å². The third kappa shape index (κ3) is 1.41. The van der Waals surface area contributed by atoms with Gasteiger partial charge in [-0.25, -0.2) is 0 Å². The maximum absolute atomic E-state index is 11.5. The predicted molar refractivity (Wildman–Crippen MR) is 61.5 cm³/mol. The van der Waals surface area contributed by atoms with Gasteiger partial charge in [-0.15, -0.1) is 0 Å². The highest BCUT2D eigenvalue weighted by Gasteiger charge is 2.18. The van der Waals surface area contributed by atoms with Gasteiger partial charge in [0.25, 0.3) is 5.56 Å². The van der Waals surface area contributed by atoms with Crippen LogP contribution < -0.4 is 10.3 Å². The fraction of sp³-hybridized carbons (Fsp3) is 0.0769. The summed E-state index contributed by atoms with van der Waals surface area (Å²) in [4.78, 5) is 14.2. The molecule has 1 aromatic heterocycles. The Labute approximate surface area is 97.1 Å². The number of aromatic amines is 1. The number of hydrogen-bond acceptors (Lipinski definition) is 3. The summed E-state index contributed by atoms with van der Waals surface area (Å²) in [6, 6.07) is 11.1. The Kier molecular flexibility index (Phi) is 1.99. The molecule has 1 N–H and O–H groups in total. The quantitative estimate of drug-likeness (QED) is 0.742. The van der Waals surface area contributed by atoms with Crippen molar-refractivity contribution in [2.24, 2.45) is 0 Å². The summed E-state index contributed by atoms with van der Waals surface area (Å²) in [5, 5.41) is 8.87. The Morgan fingerprint density at radius 3 is 2.94 bits per heavy atom. The van der Waals surface area contributed by atoms with Crippen LogP contribution in [0.25, 0.3) is 11.1 Å². The Balaban J connectivity index is 2.32. The molecule has 4 heteroatoms. The van der Waals surface area contributed by atoms with Crippen molar-refractivity contribution in [1.82, 2.24) is 4.98 Å². The number of nitriles is 1. The maximum atomic E-state index is 11.5. The summed E-state index contributed by atoms with van der Waals surface area (Å²) >= 11 is 0. The second-order valence-electron chi connectivity index (χ2n) is 3.80. The normalized spacial score (nSPS) is 11.9. The van der Waals surface area contributed by atoms with E-state index in [1.165, 1.54) is 0 Å². The first kappa shape index (κ1) is 9.67. The molecule has 0 aliphatic carbocycles. The smallest absolute Gasteiger partial charge is 0.266 e. The average Bonchev–Trinajstić information content (AvgIpc) is 2.37. The van der Waals surface area contributed by atoms with Gasteiger partial charge in [-0.3, -0.25) is 4.79 Å². The Morgan fingerprint density at radius 1 is 1.29 bits per heavy atom. The molecule has 0 atom stereocenters. The molecule has 0 amide bonds. The van der Waals surface area contributed by atoms with Crippen LogP contribution in [0, 0.1) is 11.3 Å². The van der Waals surface area contributed by atoms with Gasteiger partial charge in [-0.1, -0.05) is 18.2 Å². The van der Waals surface area contributed by atoms with Crippen molar-refractivity contribution in [3.05, 3.63) is 51.9 Å². The van der Waals surface area contributed by atoms with E-state index in [9.17, 15) is 4.79 Å². The standard InChI is InChI=1S/C13H8N2O2/c14-6-8-5-10-9-3-1-2-4-12(9)17-7-11(10)15-13(8)16/h1-5H,7H2,(H,15,16). The predicted octanol–water partition coefficient (Wildman–Crippen LogP) is 1.81. The highest BCUT2D eigenvalue weighted by Crippen LogP contribution is 2.35. The van der Waals surface area contributed by atoms with E-state index >= 15 is 0 Å². The Bertz CT molecular complexity index is 695. The molecule has 2 heterocycles. The number of aromatic nitrogens is 1. The van der Waals surface area contributed by atoms with Crippen molar-refractivity contribution >= 4 is 0 Å². The Hall–Kier alpha value is -2.54. The molecule has 4 nitrogen and oxygen atoms in total. The molecule has 1 aliphatic heterocycles. The van der Waals surface area contributed by atoms with Gasteiger partial charge < -0.3 is 9.72 Å². The molecular formula is C13H8N2O2. The summed E-state index contributed by atoms with van der Waals surface area (Å²) in [5.41, 5.74) is 2.24. The van der Waals surface area contributed by atoms with Crippen molar-refractivity contribution in [1.29, 1.82) is 5.26 Å². The summed E-state index contributed by atoms with van der Waals surface area (Å²) in [6.07, 6.45) is 0. The zero-order valence-corrected chi connectivity index (χ0v) is 8.86. The van der Waals surface area contributed by atoms with Gasteiger partial charge >= 0.3 is 0 Å². The second-order valence-corrected chi connectivity index (χ2v) is 3.80. The second kappa shape index (κ2) is 3.49. The van der Waals surface area contributed by atoms with Gasteiger partial charge in [0.05, 0.1) is 5.69 Å². The zero-order valence-electron chi connectivity index (χ0n) is 8.86. The first-order chi connectivity index (χ1) is 8.29. The summed E-state index contributed by atoms with van der Waals surface area (Å²) in [7, 11) is 0. The van der Waals surface area contributed by atoms with Crippen LogP contribution in [0.15, 0.2) is 35.1 Å². The molecule has 1 aliphatic rings. The van der Waals surface area contributed by atoms with Crippen molar-refractivity contribution in [3.63, 3.8) is 0 Å². The van der Waals surface area contributed by atoms with Crippen LogP contribution in [0.4, 0.5) is 0 Å². The number of benzene rings is 1. The number of pyridine rings is 1. The highest BCUT2D eigenvalue weighted by atomic mass is 16.5. The van der Waals surface area contributed by atoms with Crippen LogP contribution in [0.1, 0.15) is 11.3 Å². The summed E-state index contributed by atoms with van der Waals surface area (Å²) < 4.78 is 5.53. The number of ether oxygens (including phenoxy) is 1. The molecule has 0 radical (unpaired) electrons. The van der Waals surface area contributed by atoms with Gasteiger partial charge in [0, 0.05) is 11.1 Å². The minimum atomic E-state index is -0.366. The molecule has 0 bridgehead atoms. The van der Waals surface area contributed by atoms with Crippen LogP contribution in [0.5, 0.6) is 5.75 Å². The number of nitrogens with zero attached hydrogens (tertiary/aromatic N) is 1. The van der Waals surface area contributed by atoms with E-state index in [-0.39, 0.29) is 11.1 Å². The molecule has 0 fully saturated rings. The number of nitrogens with one attached hydrogen (secondary N) is 1. The zero-order chi connectivity index (χ0) is 11.8. The molecule has 0 unspecified atom stereocenters. The van der Waals surface area contributed by atoms with Crippen LogP contribution in [0.2, 0.25) is 0 Å². The monoisotopic (exact) mass is 224 g/mol. The third-order valence-electron chi connectivity index (χ3n) is 2.79. The molecule has 0 saturated heterocycles. The van der Waals surface area contributed by atoms with Crippen molar-refractivity contribution < 1.29 is 4.74 Å². The summed E-state index contributed by atoms with van der Waals surface area (Å²) in [5.74, 6) is 0.774. The fourth-order valence-corrected chi connectivity index (χ4v) is 1.97. The van der Waals surface area contributed by atoms with Crippen LogP contribution >= 0.6 is 0 Å². The maximum Gasteiger partial charge on any atom is 0.266 e. The Morgan fingerprint density at radius 2 is 2.12 bits per heavy atom. The largest absolute Gasteiger partial charge is 0.487 e. The van der Waals surface area contributed by atoms with Gasteiger partial charge in [-0.05, 0) is 12.1 Å². The van der Waals surface area contributed by atoms with E-state index in [1.54, 1.807) is 6.07 Å². The number of hydrogen-bond donors (Lipinski definition) is 1. The van der Waals surface area contributed by atoms with E-state index in [0.29, 0.717) is 12.3 Å². The summed E-state index contributed by atoms with van der Waals surface area (Å²) in [6.45, 7) is 0.327. The lowest BCUT2D eigenvalue weighted by Gasteiger charge is -2.20. The van der Waals surface area contributed by atoms with Gasteiger partial charge in [-0.2, -0.15) is 5.26 Å². The molecule has 2 aromatic rings. The lowest BCUT2D eigenvalue weighted by atomic mass is 9.99. The van der Waals surface area contributed by atoms with Gasteiger partial charge in [0.2, 0.25) is 0 Å². The minimum Gasteiger partial charge on any atom is -0.487 e. The van der Waals surface area contributed by atoms with Crippen LogP contribution in [-0.2, 0) is 6.61 Å². The van der Waals surface area contributed by atoms with E-state index in [0.717, 1.165) is 16.9 Å². The molecule has 0 saturated carbocycles. The average molecular weight is 224 g/mol. The first-order valence-electron chi connectivity index (χ1n) is 5.18.